The maximum atomic E-state index is 10.0. The molecule has 0 unspecified atom stereocenters. The van der Waals surface area contributed by atoms with E-state index in [0.717, 1.165) is 27.5 Å². The van der Waals surface area contributed by atoms with Crippen LogP contribution < -0.4 is 4.90 Å². The molecule has 4 nitrogen and oxygen atoms in total. The van der Waals surface area contributed by atoms with Crippen molar-refractivity contribution in [1.82, 2.24) is 4.98 Å². The van der Waals surface area contributed by atoms with Crippen molar-refractivity contribution >= 4 is 22.5 Å². The molecule has 28 heavy (non-hydrogen) atoms. The summed E-state index contributed by atoms with van der Waals surface area (Å²) in [7, 11) is 0. The number of rotatable bonds is 5. The minimum atomic E-state index is -0.334. The number of aliphatic hydroxyl groups is 1. The minimum Gasteiger partial charge on any atom is -0.394 e. The zero-order valence-electron chi connectivity index (χ0n) is 15.6. The number of hydrogen-bond acceptors (Lipinski definition) is 5. The Balaban J connectivity index is 1.61. The second-order valence-electron chi connectivity index (χ2n) is 6.80. The summed E-state index contributed by atoms with van der Waals surface area (Å²) >= 11 is 1.52. The van der Waals surface area contributed by atoms with Crippen LogP contribution in [0.3, 0.4) is 0 Å². The lowest BCUT2D eigenvalue weighted by Crippen LogP contribution is -2.63. The Morgan fingerprint density at radius 2 is 1.93 bits per heavy atom. The van der Waals surface area contributed by atoms with E-state index in [1.54, 1.807) is 0 Å². The maximum absolute atomic E-state index is 10.0. The van der Waals surface area contributed by atoms with Crippen molar-refractivity contribution in [2.75, 3.05) is 11.5 Å². The third kappa shape index (κ3) is 3.22. The van der Waals surface area contributed by atoms with Crippen LogP contribution in [-0.4, -0.2) is 28.8 Å². The highest BCUT2D eigenvalue weighted by atomic mass is 32.1. The zero-order valence-corrected chi connectivity index (χ0v) is 16.4. The molecule has 0 spiro atoms. The Hall–Kier alpha value is -2.94. The van der Waals surface area contributed by atoms with Gasteiger partial charge in [-0.2, -0.15) is 5.26 Å². The quantitative estimate of drug-likeness (QED) is 0.689. The highest BCUT2D eigenvalue weighted by molar-refractivity contribution is 7.14. The zero-order chi connectivity index (χ0) is 19.5. The standard InChI is InChI=1S/C23H21N3OS/c1-2-6-16-9-11-18(12-10-16)22-20(13-24)26(21(22)14-27)23-25-19(15-28-23)17-7-4-3-5-8-17/h2-12,15,20-22,27H,14H2,1H3/b6-2+/t20-,21+,22-/m1/s1. The van der Waals surface area contributed by atoms with Crippen LogP contribution in [0.25, 0.3) is 17.3 Å². The summed E-state index contributed by atoms with van der Waals surface area (Å²) in [6.45, 7) is 1.97. The molecule has 0 bridgehead atoms. The van der Waals surface area contributed by atoms with E-state index in [1.807, 2.05) is 59.7 Å². The first-order valence-electron chi connectivity index (χ1n) is 9.29. The Labute approximate surface area is 169 Å². The van der Waals surface area contributed by atoms with Gasteiger partial charge < -0.3 is 10.0 Å². The second kappa shape index (κ2) is 7.97. The smallest absolute Gasteiger partial charge is 0.187 e. The van der Waals surface area contributed by atoms with Gasteiger partial charge in [0.15, 0.2) is 5.13 Å². The van der Waals surface area contributed by atoms with Crippen LogP contribution in [0.4, 0.5) is 5.13 Å². The first kappa shape index (κ1) is 18.4. The fourth-order valence-corrected chi connectivity index (χ4v) is 4.74. The van der Waals surface area contributed by atoms with Gasteiger partial charge in [-0.25, -0.2) is 4.98 Å². The topological polar surface area (TPSA) is 60.2 Å². The Bertz CT molecular complexity index is 1000. The van der Waals surface area contributed by atoms with Crippen molar-refractivity contribution in [1.29, 1.82) is 5.26 Å². The van der Waals surface area contributed by atoms with Crippen molar-refractivity contribution < 1.29 is 5.11 Å². The summed E-state index contributed by atoms with van der Waals surface area (Å²) in [5.74, 6) is -0.0290. The lowest BCUT2D eigenvalue weighted by Gasteiger charge is -2.51. The summed E-state index contributed by atoms with van der Waals surface area (Å²) in [5, 5.41) is 22.6. The molecule has 0 amide bonds. The molecule has 2 aromatic carbocycles. The maximum Gasteiger partial charge on any atom is 0.187 e. The first-order chi connectivity index (χ1) is 13.8. The van der Waals surface area contributed by atoms with Crippen molar-refractivity contribution in [3.63, 3.8) is 0 Å². The highest BCUT2D eigenvalue weighted by Crippen LogP contribution is 2.45. The van der Waals surface area contributed by atoms with Crippen molar-refractivity contribution in [2.45, 2.75) is 24.9 Å². The molecule has 5 heteroatoms. The summed E-state index contributed by atoms with van der Waals surface area (Å²) in [6, 6.07) is 20.2. The van der Waals surface area contributed by atoms with E-state index in [2.05, 4.69) is 30.3 Å². The van der Waals surface area contributed by atoms with E-state index in [0.29, 0.717) is 0 Å². The molecule has 1 aliphatic heterocycles. The van der Waals surface area contributed by atoms with Crippen LogP contribution in [0.2, 0.25) is 0 Å². The minimum absolute atomic E-state index is 0.0142. The van der Waals surface area contributed by atoms with Gasteiger partial charge in [0, 0.05) is 16.9 Å². The average Bonchev–Trinajstić information content (AvgIpc) is 3.19. The average molecular weight is 388 g/mol. The summed E-state index contributed by atoms with van der Waals surface area (Å²) in [6.07, 6.45) is 4.05. The van der Waals surface area contributed by atoms with E-state index >= 15 is 0 Å². The molecule has 0 saturated carbocycles. The number of aliphatic hydroxyl groups excluding tert-OH is 1. The summed E-state index contributed by atoms with van der Waals surface area (Å²) < 4.78 is 0. The molecule has 140 valence electrons. The monoisotopic (exact) mass is 387 g/mol. The molecule has 3 aromatic rings. The van der Waals surface area contributed by atoms with Gasteiger partial charge in [0.25, 0.3) is 0 Å². The number of anilines is 1. The molecule has 0 radical (unpaired) electrons. The van der Waals surface area contributed by atoms with E-state index in [-0.39, 0.29) is 24.6 Å². The second-order valence-corrected chi connectivity index (χ2v) is 7.64. The third-order valence-corrected chi connectivity index (χ3v) is 6.05. The molecule has 4 rings (SSSR count). The van der Waals surface area contributed by atoms with Gasteiger partial charge in [0.1, 0.15) is 6.04 Å². The Kier molecular flexibility index (Phi) is 5.25. The molecule has 1 aliphatic rings. The van der Waals surface area contributed by atoms with Gasteiger partial charge in [-0.1, -0.05) is 66.7 Å². The van der Waals surface area contributed by atoms with E-state index in [1.165, 1.54) is 11.3 Å². The van der Waals surface area contributed by atoms with Crippen molar-refractivity contribution in [2.24, 2.45) is 0 Å². The number of benzene rings is 2. The fourth-order valence-electron chi connectivity index (χ4n) is 3.82. The molecule has 1 fully saturated rings. The number of nitriles is 1. The molecule has 3 atom stereocenters. The van der Waals surface area contributed by atoms with Gasteiger partial charge in [-0.3, -0.25) is 0 Å². The molecule has 2 heterocycles. The molecule has 0 aliphatic carbocycles. The van der Waals surface area contributed by atoms with Crippen LogP contribution in [-0.2, 0) is 0 Å². The predicted octanol–water partition coefficient (Wildman–Crippen LogP) is 4.70. The summed E-state index contributed by atoms with van der Waals surface area (Å²) in [5.41, 5.74) is 4.16. The van der Waals surface area contributed by atoms with Crippen molar-refractivity contribution in [3.8, 4) is 17.3 Å². The van der Waals surface area contributed by atoms with Crippen molar-refractivity contribution in [3.05, 3.63) is 77.2 Å². The first-order valence-corrected chi connectivity index (χ1v) is 10.2. The van der Waals surface area contributed by atoms with Gasteiger partial charge in [0.2, 0.25) is 0 Å². The van der Waals surface area contributed by atoms with Crippen LogP contribution in [0.15, 0.2) is 66.1 Å². The van der Waals surface area contributed by atoms with Gasteiger partial charge >= 0.3 is 0 Å². The highest BCUT2D eigenvalue weighted by Gasteiger charge is 2.50. The lowest BCUT2D eigenvalue weighted by molar-refractivity contribution is 0.187. The number of hydrogen-bond donors (Lipinski definition) is 1. The number of allylic oxidation sites excluding steroid dienone is 1. The molecule has 1 N–H and O–H groups in total. The normalized spacial score (nSPS) is 21.5. The van der Waals surface area contributed by atoms with Gasteiger partial charge in [0.05, 0.1) is 24.4 Å². The number of nitrogens with zero attached hydrogens (tertiary/aromatic N) is 3. The van der Waals surface area contributed by atoms with Crippen LogP contribution in [0.5, 0.6) is 0 Å². The predicted molar refractivity (Wildman–Crippen MR) is 114 cm³/mol. The van der Waals surface area contributed by atoms with E-state index in [9.17, 15) is 10.4 Å². The van der Waals surface area contributed by atoms with Crippen LogP contribution in [0.1, 0.15) is 24.0 Å². The molecular weight excluding hydrogens is 366 g/mol. The molecular formula is C23H21N3OS. The lowest BCUT2D eigenvalue weighted by atomic mass is 9.76. The van der Waals surface area contributed by atoms with E-state index < -0.39 is 0 Å². The third-order valence-electron chi connectivity index (χ3n) is 5.19. The largest absolute Gasteiger partial charge is 0.394 e. The number of thiazole rings is 1. The van der Waals surface area contributed by atoms with Gasteiger partial charge in [-0.15, -0.1) is 11.3 Å². The number of aromatic nitrogens is 1. The Morgan fingerprint density at radius 3 is 2.57 bits per heavy atom. The van der Waals surface area contributed by atoms with E-state index in [4.69, 9.17) is 4.98 Å². The summed E-state index contributed by atoms with van der Waals surface area (Å²) in [4.78, 5) is 6.70. The van der Waals surface area contributed by atoms with Gasteiger partial charge in [-0.05, 0) is 18.1 Å². The molecule has 1 aromatic heterocycles. The molecule has 1 saturated heterocycles. The fraction of sp³-hybridized carbons (Fsp3) is 0.217. The Morgan fingerprint density at radius 1 is 1.18 bits per heavy atom. The SMILES string of the molecule is C/C=C/c1ccc([C@@H]2[C@@H](C#N)N(c3nc(-c4ccccc4)cs3)[C@H]2CO)cc1. The van der Waals surface area contributed by atoms with Crippen LogP contribution in [0, 0.1) is 11.3 Å². The van der Waals surface area contributed by atoms with Crippen LogP contribution >= 0.6 is 11.3 Å².